The lowest BCUT2D eigenvalue weighted by Gasteiger charge is -2.24. The molecule has 0 radical (unpaired) electrons. The maximum Gasteiger partial charge on any atom is 0.0585 e. The van der Waals surface area contributed by atoms with Gasteiger partial charge in [0.25, 0.3) is 0 Å². The molecule has 0 fully saturated rings. The monoisotopic (exact) mass is 152 g/mol. The van der Waals surface area contributed by atoms with Crippen LogP contribution in [0.15, 0.2) is 24.3 Å². The number of hydrogen-bond acceptors (Lipinski definition) is 0. The largest absolute Gasteiger partial charge is 0.0803 e. The minimum absolute atomic E-state index is 0.803. The van der Waals surface area contributed by atoms with E-state index in [9.17, 15) is 0 Å². The van der Waals surface area contributed by atoms with Crippen molar-refractivity contribution in [3.8, 4) is 0 Å². The van der Waals surface area contributed by atoms with Crippen LogP contribution in [0.4, 0.5) is 0 Å². The molecule has 1 aliphatic rings. The Morgan fingerprint density at radius 1 is 1.20 bits per heavy atom. The Bertz CT molecular complexity index is 154. The smallest absolute Gasteiger partial charge is 0.0585 e. The van der Waals surface area contributed by atoms with Crippen molar-refractivity contribution in [3.63, 3.8) is 0 Å². The summed E-state index contributed by atoms with van der Waals surface area (Å²) in [7, 11) is -0.918. The zero-order valence-electron chi connectivity index (χ0n) is 7.09. The highest BCUT2D eigenvalue weighted by Crippen LogP contribution is 2.30. The van der Waals surface area contributed by atoms with Crippen molar-refractivity contribution >= 4 is 8.07 Å². The molecule has 0 N–H and O–H groups in total. The van der Waals surface area contributed by atoms with Crippen molar-refractivity contribution < 1.29 is 0 Å². The standard InChI is InChI=1S/C9H16Si/c1-4-10(2,3)9-7-5-6-8-9/h5-9H,4H2,1-3H3. The van der Waals surface area contributed by atoms with Gasteiger partial charge >= 0.3 is 0 Å². The van der Waals surface area contributed by atoms with E-state index in [-0.39, 0.29) is 0 Å². The summed E-state index contributed by atoms with van der Waals surface area (Å²) in [6, 6.07) is 1.38. The minimum Gasteiger partial charge on any atom is -0.0803 e. The predicted octanol–water partition coefficient (Wildman–Crippen LogP) is 3.21. The molecular formula is C9H16Si. The summed E-state index contributed by atoms with van der Waals surface area (Å²) in [4.78, 5) is 0. The van der Waals surface area contributed by atoms with Crippen molar-refractivity contribution in [3.05, 3.63) is 24.3 Å². The van der Waals surface area contributed by atoms with Crippen molar-refractivity contribution in [1.29, 1.82) is 0 Å². The van der Waals surface area contributed by atoms with Gasteiger partial charge in [0.05, 0.1) is 8.07 Å². The van der Waals surface area contributed by atoms with Crippen LogP contribution < -0.4 is 0 Å². The zero-order valence-corrected chi connectivity index (χ0v) is 8.09. The van der Waals surface area contributed by atoms with Crippen LogP contribution in [0.5, 0.6) is 0 Å². The van der Waals surface area contributed by atoms with E-state index in [4.69, 9.17) is 0 Å². The molecule has 0 bridgehead atoms. The fourth-order valence-electron chi connectivity index (χ4n) is 1.19. The Labute approximate surface area is 64.7 Å². The molecule has 0 atom stereocenters. The molecule has 56 valence electrons. The molecule has 0 saturated carbocycles. The van der Waals surface area contributed by atoms with E-state index in [0.29, 0.717) is 0 Å². The van der Waals surface area contributed by atoms with Crippen molar-refractivity contribution in [2.24, 2.45) is 0 Å². The van der Waals surface area contributed by atoms with Crippen LogP contribution in [0.2, 0.25) is 24.7 Å². The first-order valence-corrected chi connectivity index (χ1v) is 7.30. The number of allylic oxidation sites excluding steroid dienone is 4. The maximum atomic E-state index is 2.46. The van der Waals surface area contributed by atoms with Gasteiger partial charge < -0.3 is 0 Å². The Hall–Kier alpha value is -0.303. The van der Waals surface area contributed by atoms with Gasteiger partial charge in [-0.3, -0.25) is 0 Å². The summed E-state index contributed by atoms with van der Waals surface area (Å²) < 4.78 is 0. The van der Waals surface area contributed by atoms with Crippen molar-refractivity contribution in [2.75, 3.05) is 0 Å². The highest BCUT2D eigenvalue weighted by atomic mass is 28.3. The summed E-state index contributed by atoms with van der Waals surface area (Å²) in [5.41, 5.74) is 0.803. The minimum atomic E-state index is -0.918. The Balaban J connectivity index is 2.64. The normalized spacial score (nSPS) is 18.7. The van der Waals surface area contributed by atoms with Gasteiger partial charge in [0, 0.05) is 0 Å². The Morgan fingerprint density at radius 2 is 1.70 bits per heavy atom. The Morgan fingerprint density at radius 3 is 2.10 bits per heavy atom. The van der Waals surface area contributed by atoms with Gasteiger partial charge in [0.1, 0.15) is 0 Å². The molecule has 0 aliphatic heterocycles. The lowest BCUT2D eigenvalue weighted by molar-refractivity contribution is 1.21. The molecule has 0 saturated heterocycles. The molecule has 0 aromatic rings. The average molecular weight is 152 g/mol. The summed E-state index contributed by atoms with van der Waals surface area (Å²) in [5, 5.41) is 0. The number of rotatable bonds is 2. The van der Waals surface area contributed by atoms with Gasteiger partial charge in [-0.1, -0.05) is 50.4 Å². The van der Waals surface area contributed by atoms with Gasteiger partial charge in [-0.25, -0.2) is 0 Å². The van der Waals surface area contributed by atoms with E-state index >= 15 is 0 Å². The van der Waals surface area contributed by atoms with E-state index in [1.807, 2.05) is 0 Å². The molecular weight excluding hydrogens is 136 g/mol. The fourth-order valence-corrected chi connectivity index (χ4v) is 2.92. The van der Waals surface area contributed by atoms with Crippen LogP contribution in [0.25, 0.3) is 0 Å². The predicted molar refractivity (Wildman–Crippen MR) is 50.0 cm³/mol. The zero-order chi connectivity index (χ0) is 7.61. The van der Waals surface area contributed by atoms with Gasteiger partial charge in [0.15, 0.2) is 0 Å². The third-order valence-electron chi connectivity index (χ3n) is 2.56. The second-order valence-corrected chi connectivity index (χ2v) is 8.99. The molecule has 0 nitrogen and oxygen atoms in total. The van der Waals surface area contributed by atoms with E-state index in [1.165, 1.54) is 6.04 Å². The highest BCUT2D eigenvalue weighted by molar-refractivity contribution is 6.79. The average Bonchev–Trinajstić information content (AvgIpc) is 2.38. The van der Waals surface area contributed by atoms with E-state index in [0.717, 1.165) is 5.54 Å². The van der Waals surface area contributed by atoms with Crippen LogP contribution in [-0.4, -0.2) is 8.07 Å². The lowest BCUT2D eigenvalue weighted by atomic mass is 10.5. The van der Waals surface area contributed by atoms with Crippen LogP contribution in [0.3, 0.4) is 0 Å². The second-order valence-electron chi connectivity index (χ2n) is 3.64. The fraction of sp³-hybridized carbons (Fsp3) is 0.556. The molecule has 1 rings (SSSR count). The van der Waals surface area contributed by atoms with E-state index in [1.54, 1.807) is 0 Å². The van der Waals surface area contributed by atoms with Gasteiger partial charge in [-0.05, 0) is 5.54 Å². The molecule has 0 spiro atoms. The highest BCUT2D eigenvalue weighted by Gasteiger charge is 2.26. The Kier molecular flexibility index (Phi) is 2.14. The van der Waals surface area contributed by atoms with E-state index < -0.39 is 8.07 Å². The van der Waals surface area contributed by atoms with Gasteiger partial charge in [0.2, 0.25) is 0 Å². The molecule has 10 heavy (non-hydrogen) atoms. The van der Waals surface area contributed by atoms with Crippen LogP contribution in [-0.2, 0) is 0 Å². The SMILES string of the molecule is CC[Si](C)(C)C1C=CC=C1. The maximum absolute atomic E-state index is 2.46. The van der Waals surface area contributed by atoms with Crippen LogP contribution in [0.1, 0.15) is 6.92 Å². The quantitative estimate of drug-likeness (QED) is 0.533. The van der Waals surface area contributed by atoms with Crippen molar-refractivity contribution in [2.45, 2.75) is 31.6 Å². The first-order chi connectivity index (χ1) is 4.67. The molecule has 0 unspecified atom stereocenters. The lowest BCUT2D eigenvalue weighted by Crippen LogP contribution is -2.28. The summed E-state index contributed by atoms with van der Waals surface area (Å²) in [5.74, 6) is 0. The number of hydrogen-bond donors (Lipinski definition) is 0. The second kappa shape index (κ2) is 2.75. The topological polar surface area (TPSA) is 0 Å². The van der Waals surface area contributed by atoms with Crippen LogP contribution >= 0.6 is 0 Å². The molecule has 1 heteroatoms. The van der Waals surface area contributed by atoms with Gasteiger partial charge in [-0.2, -0.15) is 0 Å². The molecule has 0 heterocycles. The molecule has 0 aromatic carbocycles. The van der Waals surface area contributed by atoms with E-state index in [2.05, 4.69) is 44.3 Å². The molecule has 0 aromatic heterocycles. The molecule has 1 aliphatic carbocycles. The first-order valence-electron chi connectivity index (χ1n) is 4.02. The summed E-state index contributed by atoms with van der Waals surface area (Å²) in [6.45, 7) is 7.22. The van der Waals surface area contributed by atoms with Crippen LogP contribution in [0, 0.1) is 0 Å². The third kappa shape index (κ3) is 1.40. The van der Waals surface area contributed by atoms with Crippen molar-refractivity contribution in [1.82, 2.24) is 0 Å². The van der Waals surface area contributed by atoms with Gasteiger partial charge in [-0.15, -0.1) is 0 Å². The third-order valence-corrected chi connectivity index (χ3v) is 6.57. The first kappa shape index (κ1) is 7.80. The summed E-state index contributed by atoms with van der Waals surface area (Å²) in [6.07, 6.45) is 9.04. The molecule has 0 amide bonds. The summed E-state index contributed by atoms with van der Waals surface area (Å²) >= 11 is 0.